The summed E-state index contributed by atoms with van der Waals surface area (Å²) < 4.78 is 18.8. The highest BCUT2D eigenvalue weighted by Gasteiger charge is 2.28. The van der Waals surface area contributed by atoms with Crippen molar-refractivity contribution >= 4 is 5.91 Å². The summed E-state index contributed by atoms with van der Waals surface area (Å²) in [6.07, 6.45) is 2.22. The molecule has 2 N–H and O–H groups in total. The number of benzene rings is 2. The second-order valence-electron chi connectivity index (χ2n) is 7.37. The molecule has 0 saturated carbocycles. The van der Waals surface area contributed by atoms with Crippen molar-refractivity contribution in [2.45, 2.75) is 24.9 Å². The first kappa shape index (κ1) is 20.0. The van der Waals surface area contributed by atoms with E-state index in [-0.39, 0.29) is 23.7 Å². The summed E-state index contributed by atoms with van der Waals surface area (Å²) in [4.78, 5) is 16.1. The van der Waals surface area contributed by atoms with E-state index in [1.165, 1.54) is 23.3 Å². The zero-order valence-corrected chi connectivity index (χ0v) is 16.4. The van der Waals surface area contributed by atoms with Crippen LogP contribution in [-0.4, -0.2) is 56.8 Å². The van der Waals surface area contributed by atoms with Crippen LogP contribution in [-0.2, 0) is 6.54 Å². The third-order valence-corrected chi connectivity index (χ3v) is 5.17. The second-order valence-corrected chi connectivity index (χ2v) is 7.37. The zero-order chi connectivity index (χ0) is 20.9. The standard InChI is InChI=1S/C21H23FN6O2/c22-18-5-1-15(2-6-18)17-9-10-27(11-17)21(29)16-3-7-20(8-4-16)30-13-19(23)12-28-25-14-24-26-28/h1-8,14,17,19H,9-13,23H2/t17-,19+/m1/s1. The quantitative estimate of drug-likeness (QED) is 0.638. The molecule has 1 aromatic heterocycles. The summed E-state index contributed by atoms with van der Waals surface area (Å²) >= 11 is 0. The molecular weight excluding hydrogens is 387 g/mol. The van der Waals surface area contributed by atoms with Gasteiger partial charge < -0.3 is 15.4 Å². The third-order valence-electron chi connectivity index (χ3n) is 5.17. The number of rotatable bonds is 7. The molecule has 0 unspecified atom stereocenters. The van der Waals surface area contributed by atoms with Gasteiger partial charge in [0.15, 0.2) is 6.33 Å². The normalized spacial score (nSPS) is 17.1. The van der Waals surface area contributed by atoms with Gasteiger partial charge in [0.1, 0.15) is 18.2 Å². The Hall–Kier alpha value is -3.33. The first-order chi connectivity index (χ1) is 14.6. The van der Waals surface area contributed by atoms with E-state index in [1.54, 1.807) is 36.4 Å². The molecule has 0 aliphatic carbocycles. The molecule has 0 radical (unpaired) electrons. The van der Waals surface area contributed by atoms with Gasteiger partial charge in [-0.25, -0.2) is 4.39 Å². The number of nitrogens with zero attached hydrogens (tertiary/aromatic N) is 5. The molecule has 4 rings (SSSR count). The topological polar surface area (TPSA) is 99.2 Å². The van der Waals surface area contributed by atoms with Gasteiger partial charge in [-0.05, 0) is 53.6 Å². The first-order valence-corrected chi connectivity index (χ1v) is 9.82. The van der Waals surface area contributed by atoms with Crippen LogP contribution < -0.4 is 10.5 Å². The number of carbonyl (C=O) groups excluding carboxylic acids is 1. The van der Waals surface area contributed by atoms with Gasteiger partial charge in [-0.15, -0.1) is 10.2 Å². The molecule has 1 amide bonds. The van der Waals surface area contributed by atoms with E-state index >= 15 is 0 Å². The van der Waals surface area contributed by atoms with Gasteiger partial charge in [0.2, 0.25) is 0 Å². The molecule has 156 valence electrons. The lowest BCUT2D eigenvalue weighted by atomic mass is 9.99. The van der Waals surface area contributed by atoms with E-state index < -0.39 is 0 Å². The maximum absolute atomic E-state index is 13.1. The number of hydrogen-bond acceptors (Lipinski definition) is 6. The Labute approximate surface area is 173 Å². The molecule has 2 aromatic carbocycles. The number of halogens is 1. The van der Waals surface area contributed by atoms with Crippen molar-refractivity contribution in [2.75, 3.05) is 19.7 Å². The Morgan fingerprint density at radius 3 is 2.67 bits per heavy atom. The fourth-order valence-electron chi connectivity index (χ4n) is 3.57. The van der Waals surface area contributed by atoms with Gasteiger partial charge in [-0.1, -0.05) is 12.1 Å². The van der Waals surface area contributed by atoms with Crippen molar-refractivity contribution in [3.8, 4) is 5.75 Å². The SMILES string of the molecule is N[C@H](COc1ccc(C(=O)N2CC[C@@H](c3ccc(F)cc3)C2)cc1)Cn1ncnn1. The molecule has 1 fully saturated rings. The Morgan fingerprint density at radius 1 is 1.20 bits per heavy atom. The highest BCUT2D eigenvalue weighted by Crippen LogP contribution is 2.28. The molecule has 0 spiro atoms. The molecule has 2 atom stereocenters. The Balaban J connectivity index is 1.29. The van der Waals surface area contributed by atoms with E-state index in [0.717, 1.165) is 12.0 Å². The largest absolute Gasteiger partial charge is 0.492 e. The summed E-state index contributed by atoms with van der Waals surface area (Å²) in [5.41, 5.74) is 7.68. The molecule has 1 aliphatic heterocycles. The Morgan fingerprint density at radius 2 is 1.97 bits per heavy atom. The predicted molar refractivity (Wildman–Crippen MR) is 107 cm³/mol. The maximum Gasteiger partial charge on any atom is 0.253 e. The molecule has 1 aliphatic rings. The van der Waals surface area contributed by atoms with Gasteiger partial charge >= 0.3 is 0 Å². The van der Waals surface area contributed by atoms with Crippen molar-refractivity contribution in [3.05, 3.63) is 71.8 Å². The number of tetrazole rings is 1. The maximum atomic E-state index is 13.1. The number of hydrogen-bond donors (Lipinski definition) is 1. The molecule has 8 nitrogen and oxygen atoms in total. The van der Waals surface area contributed by atoms with Gasteiger partial charge in [-0.3, -0.25) is 4.79 Å². The summed E-state index contributed by atoms with van der Waals surface area (Å²) in [5.74, 6) is 0.611. The summed E-state index contributed by atoms with van der Waals surface area (Å²) in [5, 5.41) is 11.3. The van der Waals surface area contributed by atoms with Crippen LogP contribution in [0, 0.1) is 5.82 Å². The number of likely N-dealkylation sites (tertiary alicyclic amines) is 1. The lowest BCUT2D eigenvalue weighted by Crippen LogP contribution is -2.33. The van der Waals surface area contributed by atoms with Gasteiger partial charge in [-0.2, -0.15) is 4.80 Å². The Kier molecular flexibility index (Phi) is 5.99. The molecule has 0 bridgehead atoms. The van der Waals surface area contributed by atoms with Gasteiger partial charge in [0.05, 0.1) is 12.6 Å². The molecule has 30 heavy (non-hydrogen) atoms. The van der Waals surface area contributed by atoms with E-state index in [2.05, 4.69) is 15.4 Å². The number of nitrogens with two attached hydrogens (primary N) is 1. The summed E-state index contributed by atoms with van der Waals surface area (Å²) in [6, 6.07) is 13.3. The number of aromatic nitrogens is 4. The minimum Gasteiger partial charge on any atom is -0.492 e. The van der Waals surface area contributed by atoms with Gasteiger partial charge in [0, 0.05) is 24.6 Å². The van der Waals surface area contributed by atoms with E-state index in [1.807, 2.05) is 4.90 Å². The number of amides is 1. The van der Waals surface area contributed by atoms with Crippen molar-refractivity contribution < 1.29 is 13.9 Å². The van der Waals surface area contributed by atoms with Crippen LogP contribution in [0.4, 0.5) is 4.39 Å². The summed E-state index contributed by atoms with van der Waals surface area (Å²) in [6.45, 7) is 2.01. The van der Waals surface area contributed by atoms with E-state index in [9.17, 15) is 9.18 Å². The second kappa shape index (κ2) is 9.00. The van der Waals surface area contributed by atoms with Crippen molar-refractivity contribution in [1.82, 2.24) is 25.1 Å². The third kappa shape index (κ3) is 4.80. The lowest BCUT2D eigenvalue weighted by Gasteiger charge is -2.17. The highest BCUT2D eigenvalue weighted by molar-refractivity contribution is 5.94. The number of carbonyl (C=O) groups is 1. The monoisotopic (exact) mass is 410 g/mol. The number of ether oxygens (including phenoxy) is 1. The fraction of sp³-hybridized carbons (Fsp3) is 0.333. The minimum absolute atomic E-state index is 0.0138. The van der Waals surface area contributed by atoms with Crippen LogP contribution in [0.5, 0.6) is 5.75 Å². The van der Waals surface area contributed by atoms with E-state index in [0.29, 0.717) is 37.6 Å². The molecular formula is C21H23FN6O2. The fourth-order valence-corrected chi connectivity index (χ4v) is 3.57. The smallest absolute Gasteiger partial charge is 0.253 e. The molecule has 1 saturated heterocycles. The van der Waals surface area contributed by atoms with Gasteiger partial charge in [0.25, 0.3) is 5.91 Å². The molecule has 3 aromatic rings. The van der Waals surface area contributed by atoms with Crippen LogP contribution >= 0.6 is 0 Å². The van der Waals surface area contributed by atoms with Crippen LogP contribution in [0.1, 0.15) is 28.3 Å². The van der Waals surface area contributed by atoms with Crippen molar-refractivity contribution in [2.24, 2.45) is 5.73 Å². The summed E-state index contributed by atoms with van der Waals surface area (Å²) in [7, 11) is 0. The predicted octanol–water partition coefficient (Wildman–Crippen LogP) is 1.85. The minimum atomic E-state index is -0.284. The highest BCUT2D eigenvalue weighted by atomic mass is 19.1. The van der Waals surface area contributed by atoms with Crippen molar-refractivity contribution in [3.63, 3.8) is 0 Å². The van der Waals surface area contributed by atoms with Crippen LogP contribution in [0.25, 0.3) is 0 Å². The zero-order valence-electron chi connectivity index (χ0n) is 16.4. The van der Waals surface area contributed by atoms with E-state index in [4.69, 9.17) is 10.5 Å². The average molecular weight is 410 g/mol. The van der Waals surface area contributed by atoms with Crippen molar-refractivity contribution in [1.29, 1.82) is 0 Å². The molecule has 2 heterocycles. The first-order valence-electron chi connectivity index (χ1n) is 9.82. The van der Waals surface area contributed by atoms with Crippen LogP contribution in [0.3, 0.4) is 0 Å². The average Bonchev–Trinajstić information content (AvgIpc) is 3.45. The lowest BCUT2D eigenvalue weighted by molar-refractivity contribution is 0.0790. The van der Waals surface area contributed by atoms with Crippen LogP contribution in [0.15, 0.2) is 54.9 Å². The Bertz CT molecular complexity index is 962. The molecule has 9 heteroatoms. The van der Waals surface area contributed by atoms with Crippen LogP contribution in [0.2, 0.25) is 0 Å².